The number of nitrogens with one attached hydrogen (secondary N) is 1. The lowest BCUT2D eigenvalue weighted by molar-refractivity contribution is 0.198. The number of hydrogen-bond donors (Lipinski definition) is 2. The van der Waals surface area contributed by atoms with Crippen LogP contribution in [0.1, 0.15) is 38.7 Å². The maximum absolute atomic E-state index is 11.9. The van der Waals surface area contributed by atoms with Crippen LogP contribution in [0.15, 0.2) is 29.2 Å². The third kappa shape index (κ3) is 4.08. The van der Waals surface area contributed by atoms with Gasteiger partial charge in [0.15, 0.2) is 0 Å². The molecule has 102 valence electrons. The molecule has 0 aliphatic heterocycles. The molecule has 0 fully saturated rings. The van der Waals surface area contributed by atoms with Crippen LogP contribution in [-0.4, -0.2) is 26.2 Å². The highest BCUT2D eigenvalue weighted by molar-refractivity contribution is 7.89. The average molecular weight is 271 g/mol. The van der Waals surface area contributed by atoms with Crippen LogP contribution in [0.25, 0.3) is 0 Å². The summed E-state index contributed by atoms with van der Waals surface area (Å²) in [6.07, 6.45) is 0.325. The minimum atomic E-state index is -3.51. The zero-order valence-electron chi connectivity index (χ0n) is 11.1. The van der Waals surface area contributed by atoms with E-state index >= 15 is 0 Å². The van der Waals surface area contributed by atoms with Gasteiger partial charge >= 0.3 is 0 Å². The highest BCUT2D eigenvalue weighted by atomic mass is 32.2. The van der Waals surface area contributed by atoms with E-state index in [9.17, 15) is 8.42 Å². The first-order valence-corrected chi connectivity index (χ1v) is 7.62. The zero-order chi connectivity index (χ0) is 13.8. The van der Waals surface area contributed by atoms with Crippen molar-refractivity contribution < 1.29 is 13.5 Å². The fourth-order valence-electron chi connectivity index (χ4n) is 1.52. The van der Waals surface area contributed by atoms with Crippen molar-refractivity contribution in [2.24, 2.45) is 0 Å². The van der Waals surface area contributed by atoms with E-state index in [1.54, 1.807) is 12.1 Å². The number of aliphatic hydroxyl groups excluding tert-OH is 1. The van der Waals surface area contributed by atoms with Crippen LogP contribution in [0.4, 0.5) is 0 Å². The van der Waals surface area contributed by atoms with Crippen molar-refractivity contribution in [1.29, 1.82) is 0 Å². The molecular weight excluding hydrogens is 250 g/mol. The van der Waals surface area contributed by atoms with Gasteiger partial charge in [-0.3, -0.25) is 0 Å². The standard InChI is InChI=1S/C13H21NO3S/c1-4-10(2)12-5-7-13(8-6-12)18(16,17)14-9-11(3)15/h5-8,10-11,14-15H,4,9H2,1-3H3. The van der Waals surface area contributed by atoms with E-state index in [0.717, 1.165) is 12.0 Å². The van der Waals surface area contributed by atoms with Crippen molar-refractivity contribution in [3.05, 3.63) is 29.8 Å². The molecule has 2 N–H and O–H groups in total. The number of rotatable bonds is 6. The second-order valence-corrected chi connectivity index (χ2v) is 6.35. The molecule has 0 spiro atoms. The topological polar surface area (TPSA) is 66.4 Å². The molecule has 0 aliphatic rings. The average Bonchev–Trinajstić information content (AvgIpc) is 2.36. The molecule has 0 bridgehead atoms. The van der Waals surface area contributed by atoms with E-state index in [2.05, 4.69) is 18.6 Å². The van der Waals surface area contributed by atoms with Gasteiger partial charge < -0.3 is 5.11 Å². The summed E-state index contributed by atoms with van der Waals surface area (Å²) in [6.45, 7) is 5.76. The van der Waals surface area contributed by atoms with Gasteiger partial charge in [-0.15, -0.1) is 0 Å². The number of benzene rings is 1. The Kier molecular flexibility index (Phi) is 5.31. The lowest BCUT2D eigenvalue weighted by Crippen LogP contribution is -2.30. The molecule has 0 aromatic heterocycles. The van der Waals surface area contributed by atoms with Crippen LogP contribution in [0, 0.1) is 0 Å². The van der Waals surface area contributed by atoms with E-state index in [0.29, 0.717) is 5.92 Å². The molecule has 0 saturated carbocycles. The van der Waals surface area contributed by atoms with Gasteiger partial charge in [0.25, 0.3) is 0 Å². The Labute approximate surface area is 109 Å². The van der Waals surface area contributed by atoms with Crippen molar-refractivity contribution in [2.75, 3.05) is 6.54 Å². The Morgan fingerprint density at radius 2 is 1.78 bits per heavy atom. The Balaban J connectivity index is 2.84. The lowest BCUT2D eigenvalue weighted by Gasteiger charge is -2.11. The molecule has 0 radical (unpaired) electrons. The van der Waals surface area contributed by atoms with Gasteiger partial charge in [-0.25, -0.2) is 13.1 Å². The van der Waals surface area contributed by atoms with Crippen molar-refractivity contribution in [3.63, 3.8) is 0 Å². The summed E-state index contributed by atoms with van der Waals surface area (Å²) in [5.41, 5.74) is 1.13. The Hall–Kier alpha value is -0.910. The summed E-state index contributed by atoms with van der Waals surface area (Å²) in [4.78, 5) is 0.232. The summed E-state index contributed by atoms with van der Waals surface area (Å²) >= 11 is 0. The summed E-state index contributed by atoms with van der Waals surface area (Å²) in [5.74, 6) is 0.423. The van der Waals surface area contributed by atoms with Gasteiger partial charge in [0.1, 0.15) is 0 Å². The van der Waals surface area contributed by atoms with Crippen LogP contribution in [-0.2, 0) is 10.0 Å². The molecule has 0 saturated heterocycles. The van der Waals surface area contributed by atoms with Gasteiger partial charge in [0.05, 0.1) is 11.0 Å². The molecule has 2 unspecified atom stereocenters. The van der Waals surface area contributed by atoms with E-state index in [1.807, 2.05) is 12.1 Å². The first kappa shape index (κ1) is 15.1. The summed E-state index contributed by atoms with van der Waals surface area (Å²) in [7, 11) is -3.51. The van der Waals surface area contributed by atoms with Crippen molar-refractivity contribution in [3.8, 4) is 0 Å². The molecule has 0 amide bonds. The van der Waals surface area contributed by atoms with Crippen LogP contribution >= 0.6 is 0 Å². The first-order chi connectivity index (χ1) is 8.36. The SMILES string of the molecule is CCC(C)c1ccc(S(=O)(=O)NCC(C)O)cc1. The molecule has 1 aromatic carbocycles. The zero-order valence-corrected chi connectivity index (χ0v) is 11.9. The number of hydrogen-bond acceptors (Lipinski definition) is 3. The lowest BCUT2D eigenvalue weighted by atomic mass is 9.99. The molecule has 0 aliphatic carbocycles. The molecule has 4 nitrogen and oxygen atoms in total. The summed E-state index contributed by atoms with van der Waals surface area (Å²) < 4.78 is 26.1. The largest absolute Gasteiger partial charge is 0.392 e. The third-order valence-corrected chi connectivity index (χ3v) is 4.38. The summed E-state index contributed by atoms with van der Waals surface area (Å²) in [5, 5.41) is 9.08. The van der Waals surface area contributed by atoms with Gasteiger partial charge in [0.2, 0.25) is 10.0 Å². The second-order valence-electron chi connectivity index (χ2n) is 4.58. The molecule has 1 aromatic rings. The minimum absolute atomic E-state index is 0.0233. The number of sulfonamides is 1. The van der Waals surface area contributed by atoms with Crippen molar-refractivity contribution >= 4 is 10.0 Å². The molecule has 1 rings (SSSR count). The monoisotopic (exact) mass is 271 g/mol. The minimum Gasteiger partial charge on any atom is -0.392 e. The molecule has 5 heteroatoms. The van der Waals surface area contributed by atoms with Crippen LogP contribution in [0.2, 0.25) is 0 Å². The third-order valence-electron chi connectivity index (χ3n) is 2.94. The highest BCUT2D eigenvalue weighted by Crippen LogP contribution is 2.20. The molecule has 18 heavy (non-hydrogen) atoms. The summed E-state index contributed by atoms with van der Waals surface area (Å²) in [6, 6.07) is 6.88. The van der Waals surface area contributed by atoms with E-state index in [1.165, 1.54) is 6.92 Å². The van der Waals surface area contributed by atoms with Crippen LogP contribution < -0.4 is 4.72 Å². The number of aliphatic hydroxyl groups is 1. The van der Waals surface area contributed by atoms with E-state index in [-0.39, 0.29) is 11.4 Å². The van der Waals surface area contributed by atoms with Crippen LogP contribution in [0.3, 0.4) is 0 Å². The normalized spacial score (nSPS) is 15.3. The van der Waals surface area contributed by atoms with Gasteiger partial charge in [0, 0.05) is 6.54 Å². The first-order valence-electron chi connectivity index (χ1n) is 6.14. The predicted molar refractivity (Wildman–Crippen MR) is 72.0 cm³/mol. The highest BCUT2D eigenvalue weighted by Gasteiger charge is 2.14. The van der Waals surface area contributed by atoms with Gasteiger partial charge in [-0.2, -0.15) is 0 Å². The van der Waals surface area contributed by atoms with Gasteiger partial charge in [-0.1, -0.05) is 26.0 Å². The quantitative estimate of drug-likeness (QED) is 0.830. The smallest absolute Gasteiger partial charge is 0.240 e. The maximum Gasteiger partial charge on any atom is 0.240 e. The van der Waals surface area contributed by atoms with Crippen molar-refractivity contribution in [1.82, 2.24) is 4.72 Å². The fourth-order valence-corrected chi connectivity index (χ4v) is 2.65. The molecular formula is C13H21NO3S. The molecule has 0 heterocycles. The Morgan fingerprint density at radius 3 is 2.22 bits per heavy atom. The van der Waals surface area contributed by atoms with E-state index < -0.39 is 16.1 Å². The van der Waals surface area contributed by atoms with Crippen molar-refractivity contribution in [2.45, 2.75) is 44.1 Å². The maximum atomic E-state index is 11.9. The Morgan fingerprint density at radius 1 is 1.22 bits per heavy atom. The van der Waals surface area contributed by atoms with E-state index in [4.69, 9.17) is 5.11 Å². The Bertz CT molecular complexity index is 466. The van der Waals surface area contributed by atoms with Gasteiger partial charge in [-0.05, 0) is 37.0 Å². The van der Waals surface area contributed by atoms with Crippen LogP contribution in [0.5, 0.6) is 0 Å². The second kappa shape index (κ2) is 6.31. The fraction of sp³-hybridized carbons (Fsp3) is 0.538. The predicted octanol–water partition coefficient (Wildman–Crippen LogP) is 1.86. The molecule has 2 atom stereocenters.